The van der Waals surface area contributed by atoms with E-state index in [1.54, 1.807) is 7.11 Å². The highest BCUT2D eigenvalue weighted by Gasteiger charge is 2.26. The van der Waals surface area contributed by atoms with Gasteiger partial charge in [-0.1, -0.05) is 24.3 Å². The van der Waals surface area contributed by atoms with E-state index in [4.69, 9.17) is 15.2 Å². The highest BCUT2D eigenvalue weighted by Crippen LogP contribution is 2.37. The van der Waals surface area contributed by atoms with Gasteiger partial charge < -0.3 is 20.1 Å². The van der Waals surface area contributed by atoms with Crippen LogP contribution in [0.3, 0.4) is 0 Å². The number of anilines is 1. The SMILES string of the molecule is CCOc1ccc(C(CN)N2CCc3ccccc32)cc1OC. The van der Waals surface area contributed by atoms with E-state index in [0.29, 0.717) is 13.2 Å². The number of rotatable bonds is 6. The van der Waals surface area contributed by atoms with Gasteiger partial charge in [0.15, 0.2) is 11.5 Å². The van der Waals surface area contributed by atoms with Crippen molar-refractivity contribution in [3.8, 4) is 11.5 Å². The maximum Gasteiger partial charge on any atom is 0.161 e. The Morgan fingerprint density at radius 1 is 1.17 bits per heavy atom. The Kier molecular flexibility index (Phi) is 4.72. The van der Waals surface area contributed by atoms with Gasteiger partial charge in [0.1, 0.15) is 0 Å². The van der Waals surface area contributed by atoms with Crippen LogP contribution >= 0.6 is 0 Å². The van der Waals surface area contributed by atoms with E-state index in [-0.39, 0.29) is 6.04 Å². The maximum absolute atomic E-state index is 6.12. The lowest BCUT2D eigenvalue weighted by Crippen LogP contribution is -2.32. The minimum atomic E-state index is 0.142. The monoisotopic (exact) mass is 312 g/mol. The van der Waals surface area contributed by atoms with Crippen LogP contribution < -0.4 is 20.1 Å². The second-order valence-electron chi connectivity index (χ2n) is 5.67. The van der Waals surface area contributed by atoms with E-state index in [1.807, 2.05) is 19.1 Å². The summed E-state index contributed by atoms with van der Waals surface area (Å²) in [5.41, 5.74) is 9.95. The molecule has 4 heteroatoms. The minimum Gasteiger partial charge on any atom is -0.493 e. The summed E-state index contributed by atoms with van der Waals surface area (Å²) in [7, 11) is 1.67. The van der Waals surface area contributed by atoms with Crippen LogP contribution in [-0.2, 0) is 6.42 Å². The topological polar surface area (TPSA) is 47.7 Å². The van der Waals surface area contributed by atoms with Crippen molar-refractivity contribution in [2.75, 3.05) is 31.7 Å². The molecule has 2 aromatic carbocycles. The fourth-order valence-corrected chi connectivity index (χ4v) is 3.30. The molecule has 2 aromatic rings. The standard InChI is InChI=1S/C19H24N2O2/c1-3-23-18-9-8-15(12-19(18)22-2)17(13-20)21-11-10-14-6-4-5-7-16(14)21/h4-9,12,17H,3,10-11,13,20H2,1-2H3. The third kappa shape index (κ3) is 2.99. The first-order valence-electron chi connectivity index (χ1n) is 8.13. The summed E-state index contributed by atoms with van der Waals surface area (Å²) in [6, 6.07) is 14.8. The van der Waals surface area contributed by atoms with E-state index in [1.165, 1.54) is 11.3 Å². The molecular formula is C19H24N2O2. The zero-order chi connectivity index (χ0) is 16.2. The molecule has 0 fully saturated rings. The number of methoxy groups -OCH3 is 1. The Bertz CT molecular complexity index is 672. The predicted octanol–water partition coefficient (Wildman–Crippen LogP) is 3.16. The third-order valence-corrected chi connectivity index (χ3v) is 4.39. The van der Waals surface area contributed by atoms with Crippen LogP contribution in [-0.4, -0.2) is 26.8 Å². The molecule has 0 aromatic heterocycles. The normalized spacial score (nSPS) is 14.5. The Morgan fingerprint density at radius 3 is 2.74 bits per heavy atom. The highest BCUT2D eigenvalue weighted by atomic mass is 16.5. The number of hydrogen-bond donors (Lipinski definition) is 1. The van der Waals surface area contributed by atoms with E-state index < -0.39 is 0 Å². The van der Waals surface area contributed by atoms with Crippen LogP contribution in [0.25, 0.3) is 0 Å². The smallest absolute Gasteiger partial charge is 0.161 e. The molecule has 1 aliphatic heterocycles. The molecule has 0 amide bonds. The largest absolute Gasteiger partial charge is 0.493 e. The first kappa shape index (κ1) is 15.7. The Morgan fingerprint density at radius 2 is 2.00 bits per heavy atom. The molecule has 0 radical (unpaired) electrons. The van der Waals surface area contributed by atoms with Crippen LogP contribution in [0, 0.1) is 0 Å². The first-order valence-corrected chi connectivity index (χ1v) is 8.13. The van der Waals surface area contributed by atoms with E-state index >= 15 is 0 Å². The molecule has 1 aliphatic rings. The Labute approximate surface area is 137 Å². The number of nitrogens with two attached hydrogens (primary N) is 1. The molecule has 0 saturated heterocycles. The molecule has 0 saturated carbocycles. The van der Waals surface area contributed by atoms with E-state index in [9.17, 15) is 0 Å². The molecule has 1 heterocycles. The van der Waals surface area contributed by atoms with Gasteiger partial charge in [0.2, 0.25) is 0 Å². The molecule has 3 rings (SSSR count). The summed E-state index contributed by atoms with van der Waals surface area (Å²) in [6.07, 6.45) is 1.07. The van der Waals surface area contributed by atoms with Gasteiger partial charge in [-0.2, -0.15) is 0 Å². The second kappa shape index (κ2) is 6.92. The van der Waals surface area contributed by atoms with Crippen molar-refractivity contribution in [1.82, 2.24) is 0 Å². The number of fused-ring (bicyclic) bond motifs is 1. The molecule has 0 bridgehead atoms. The van der Waals surface area contributed by atoms with Gasteiger partial charge in [0.25, 0.3) is 0 Å². The molecule has 2 N–H and O–H groups in total. The second-order valence-corrected chi connectivity index (χ2v) is 5.67. The molecular weight excluding hydrogens is 288 g/mol. The third-order valence-electron chi connectivity index (χ3n) is 4.39. The van der Waals surface area contributed by atoms with Crippen molar-refractivity contribution in [1.29, 1.82) is 0 Å². The zero-order valence-corrected chi connectivity index (χ0v) is 13.8. The Balaban J connectivity index is 1.93. The van der Waals surface area contributed by atoms with Crippen molar-refractivity contribution in [2.24, 2.45) is 5.73 Å². The summed E-state index contributed by atoms with van der Waals surface area (Å²) in [5.74, 6) is 1.53. The highest BCUT2D eigenvalue weighted by molar-refractivity contribution is 5.60. The average molecular weight is 312 g/mol. The van der Waals surface area contributed by atoms with Crippen LogP contribution in [0.4, 0.5) is 5.69 Å². The van der Waals surface area contributed by atoms with Crippen molar-refractivity contribution < 1.29 is 9.47 Å². The summed E-state index contributed by atoms with van der Waals surface area (Å²) >= 11 is 0. The summed E-state index contributed by atoms with van der Waals surface area (Å²) < 4.78 is 11.1. The van der Waals surface area contributed by atoms with Crippen molar-refractivity contribution in [2.45, 2.75) is 19.4 Å². The molecule has 1 unspecified atom stereocenters. The lowest BCUT2D eigenvalue weighted by molar-refractivity contribution is 0.310. The van der Waals surface area contributed by atoms with Crippen LogP contribution in [0.15, 0.2) is 42.5 Å². The number of nitrogens with zero attached hydrogens (tertiary/aromatic N) is 1. The van der Waals surface area contributed by atoms with Gasteiger partial charge in [0, 0.05) is 18.8 Å². The van der Waals surface area contributed by atoms with Crippen molar-refractivity contribution >= 4 is 5.69 Å². The predicted molar refractivity (Wildman–Crippen MR) is 93.5 cm³/mol. The quantitative estimate of drug-likeness (QED) is 0.890. The lowest BCUT2D eigenvalue weighted by atomic mass is 10.0. The Hall–Kier alpha value is -2.20. The number of ether oxygens (including phenoxy) is 2. The molecule has 1 atom stereocenters. The van der Waals surface area contributed by atoms with E-state index in [0.717, 1.165) is 30.0 Å². The van der Waals surface area contributed by atoms with Crippen molar-refractivity contribution in [3.63, 3.8) is 0 Å². The van der Waals surface area contributed by atoms with Crippen LogP contribution in [0.5, 0.6) is 11.5 Å². The van der Waals surface area contributed by atoms with Gasteiger partial charge in [-0.05, 0) is 42.7 Å². The van der Waals surface area contributed by atoms with Crippen LogP contribution in [0.2, 0.25) is 0 Å². The van der Waals surface area contributed by atoms with Gasteiger partial charge >= 0.3 is 0 Å². The molecule has 4 nitrogen and oxygen atoms in total. The molecule has 0 aliphatic carbocycles. The fraction of sp³-hybridized carbons (Fsp3) is 0.368. The fourth-order valence-electron chi connectivity index (χ4n) is 3.30. The summed E-state index contributed by atoms with van der Waals surface area (Å²) in [4.78, 5) is 2.39. The summed E-state index contributed by atoms with van der Waals surface area (Å²) in [5, 5.41) is 0. The number of benzene rings is 2. The van der Waals surface area contributed by atoms with Crippen LogP contribution in [0.1, 0.15) is 24.1 Å². The van der Waals surface area contributed by atoms with Gasteiger partial charge in [-0.3, -0.25) is 0 Å². The summed E-state index contributed by atoms with van der Waals surface area (Å²) in [6.45, 7) is 4.15. The van der Waals surface area contributed by atoms with E-state index in [2.05, 4.69) is 35.2 Å². The zero-order valence-electron chi connectivity index (χ0n) is 13.8. The molecule has 23 heavy (non-hydrogen) atoms. The van der Waals surface area contributed by atoms with Crippen molar-refractivity contribution in [3.05, 3.63) is 53.6 Å². The number of hydrogen-bond acceptors (Lipinski definition) is 4. The number of para-hydroxylation sites is 1. The minimum absolute atomic E-state index is 0.142. The van der Waals surface area contributed by atoms with Gasteiger partial charge in [0.05, 0.1) is 19.8 Å². The maximum atomic E-state index is 6.12. The molecule has 0 spiro atoms. The van der Waals surface area contributed by atoms with Gasteiger partial charge in [-0.25, -0.2) is 0 Å². The average Bonchev–Trinajstić information content (AvgIpc) is 3.01. The first-order chi connectivity index (χ1) is 11.3. The molecule has 122 valence electrons. The van der Waals surface area contributed by atoms with Gasteiger partial charge in [-0.15, -0.1) is 0 Å². The lowest BCUT2D eigenvalue weighted by Gasteiger charge is -2.30.